The van der Waals surface area contributed by atoms with Gasteiger partial charge in [-0.25, -0.2) is 0 Å². The molecule has 0 saturated heterocycles. The van der Waals surface area contributed by atoms with E-state index in [4.69, 9.17) is 5.73 Å². The molecule has 5 aliphatic rings. The van der Waals surface area contributed by atoms with E-state index in [1.807, 2.05) is 6.08 Å². The standard InChI is InChI=1S/C16H16N4O/c17-15(21)11-5-4-9-13-8-2-1-3-12(8)20(14(9)11)16-10(13)6-7-18-19-16/h5-8,12-13H,1-4H2,(H2,17,21). The minimum absolute atomic E-state index is 0.326. The van der Waals surface area contributed by atoms with Gasteiger partial charge in [0.25, 0.3) is 5.91 Å². The van der Waals surface area contributed by atoms with Crippen LogP contribution in [0.1, 0.15) is 37.2 Å². The van der Waals surface area contributed by atoms with Crippen LogP contribution in [0.2, 0.25) is 0 Å². The highest BCUT2D eigenvalue weighted by molar-refractivity contribution is 6.00. The van der Waals surface area contributed by atoms with Gasteiger partial charge in [-0.1, -0.05) is 12.5 Å². The molecule has 2 bridgehead atoms. The Bertz CT molecular complexity index is 736. The zero-order valence-electron chi connectivity index (χ0n) is 11.6. The van der Waals surface area contributed by atoms with Gasteiger partial charge in [-0.2, -0.15) is 5.10 Å². The number of nitrogens with zero attached hydrogens (tertiary/aromatic N) is 3. The lowest BCUT2D eigenvalue weighted by atomic mass is 9.70. The maximum Gasteiger partial charge on any atom is 0.250 e. The van der Waals surface area contributed by atoms with Crippen LogP contribution >= 0.6 is 0 Å². The first-order valence-electron chi connectivity index (χ1n) is 7.61. The number of anilines is 1. The molecule has 6 rings (SSSR count). The van der Waals surface area contributed by atoms with E-state index in [0.717, 1.165) is 17.9 Å². The predicted octanol–water partition coefficient (Wildman–Crippen LogP) is 1.63. The molecule has 5 nitrogen and oxygen atoms in total. The Morgan fingerprint density at radius 1 is 1.38 bits per heavy atom. The summed E-state index contributed by atoms with van der Waals surface area (Å²) in [6.07, 6.45) is 8.30. The fraction of sp³-hybridized carbons (Fsp3) is 0.438. The molecule has 2 aliphatic carbocycles. The lowest BCUT2D eigenvalue weighted by Gasteiger charge is -2.50. The van der Waals surface area contributed by atoms with Crippen molar-refractivity contribution in [3.05, 3.63) is 40.7 Å². The molecule has 5 heteroatoms. The highest BCUT2D eigenvalue weighted by atomic mass is 16.1. The Hall–Kier alpha value is -2.17. The van der Waals surface area contributed by atoms with Crippen molar-refractivity contribution in [2.75, 3.05) is 4.90 Å². The lowest BCUT2D eigenvalue weighted by Crippen LogP contribution is -2.50. The Morgan fingerprint density at radius 2 is 2.29 bits per heavy atom. The number of rotatable bonds is 1. The molecule has 4 heterocycles. The van der Waals surface area contributed by atoms with Crippen LogP contribution in [0.25, 0.3) is 0 Å². The van der Waals surface area contributed by atoms with Gasteiger partial charge in [0.1, 0.15) is 0 Å². The monoisotopic (exact) mass is 280 g/mol. The van der Waals surface area contributed by atoms with E-state index in [1.165, 1.54) is 30.4 Å². The van der Waals surface area contributed by atoms with Gasteiger partial charge in [0.15, 0.2) is 5.82 Å². The summed E-state index contributed by atoms with van der Waals surface area (Å²) >= 11 is 0. The topological polar surface area (TPSA) is 72.1 Å². The van der Waals surface area contributed by atoms with Crippen LogP contribution in [0.5, 0.6) is 0 Å². The number of hydrogen-bond donors (Lipinski definition) is 1. The summed E-state index contributed by atoms with van der Waals surface area (Å²) in [6, 6.07) is 2.56. The predicted molar refractivity (Wildman–Crippen MR) is 77.3 cm³/mol. The third-order valence-electron chi connectivity index (χ3n) is 5.55. The fourth-order valence-electron chi connectivity index (χ4n) is 4.90. The van der Waals surface area contributed by atoms with Crippen molar-refractivity contribution >= 4 is 11.7 Å². The molecular formula is C16H16N4O. The van der Waals surface area contributed by atoms with Crippen LogP contribution < -0.4 is 10.6 Å². The third-order valence-corrected chi connectivity index (χ3v) is 5.55. The molecule has 3 atom stereocenters. The molecule has 3 unspecified atom stereocenters. The number of aromatic nitrogens is 2. The van der Waals surface area contributed by atoms with E-state index in [9.17, 15) is 4.79 Å². The zero-order valence-corrected chi connectivity index (χ0v) is 11.6. The summed E-state index contributed by atoms with van der Waals surface area (Å²) in [7, 11) is 0. The number of amides is 1. The van der Waals surface area contributed by atoms with Gasteiger partial charge in [0.2, 0.25) is 0 Å². The number of carbonyl (C=O) groups is 1. The van der Waals surface area contributed by atoms with Crippen molar-refractivity contribution in [2.45, 2.75) is 37.6 Å². The highest BCUT2D eigenvalue weighted by Gasteiger charge is 2.53. The third kappa shape index (κ3) is 1.25. The normalized spacial score (nSPS) is 31.9. The quantitative estimate of drug-likeness (QED) is 0.848. The number of allylic oxidation sites excluding steroid dienone is 2. The number of hydrogen-bond acceptors (Lipinski definition) is 4. The number of carbonyl (C=O) groups excluding carboxylic acids is 1. The molecular weight excluding hydrogens is 264 g/mol. The van der Waals surface area contributed by atoms with E-state index in [1.54, 1.807) is 6.20 Å². The zero-order chi connectivity index (χ0) is 14.1. The smallest absolute Gasteiger partial charge is 0.250 e. The number of nitrogens with two attached hydrogens (primary N) is 1. The highest BCUT2D eigenvalue weighted by Crippen LogP contribution is 2.59. The van der Waals surface area contributed by atoms with Gasteiger partial charge >= 0.3 is 0 Å². The molecule has 0 spiro atoms. The summed E-state index contributed by atoms with van der Waals surface area (Å²) in [6.45, 7) is 0. The molecule has 0 aromatic carbocycles. The van der Waals surface area contributed by atoms with Crippen LogP contribution in [0.4, 0.5) is 5.82 Å². The van der Waals surface area contributed by atoms with Crippen molar-refractivity contribution in [3.63, 3.8) is 0 Å². The van der Waals surface area contributed by atoms with Crippen LogP contribution in [0, 0.1) is 5.92 Å². The first-order chi connectivity index (χ1) is 10.3. The second-order valence-electron chi connectivity index (χ2n) is 6.38. The van der Waals surface area contributed by atoms with Crippen LogP contribution in [0.15, 0.2) is 35.2 Å². The molecule has 21 heavy (non-hydrogen) atoms. The second-order valence-corrected chi connectivity index (χ2v) is 6.38. The largest absolute Gasteiger partial charge is 0.366 e. The van der Waals surface area contributed by atoms with Gasteiger partial charge in [-0.05, 0) is 36.8 Å². The van der Waals surface area contributed by atoms with E-state index in [2.05, 4.69) is 21.2 Å². The van der Waals surface area contributed by atoms with Crippen molar-refractivity contribution in [2.24, 2.45) is 11.7 Å². The van der Waals surface area contributed by atoms with Gasteiger partial charge in [0, 0.05) is 17.5 Å². The first kappa shape index (κ1) is 11.5. The second kappa shape index (κ2) is 3.72. The van der Waals surface area contributed by atoms with Crippen molar-refractivity contribution in [1.29, 1.82) is 0 Å². The Labute approximate surface area is 122 Å². The average Bonchev–Trinajstić information content (AvgIpc) is 3.13. The molecule has 1 aromatic rings. The average molecular weight is 280 g/mol. The fourth-order valence-corrected chi connectivity index (χ4v) is 4.90. The summed E-state index contributed by atoms with van der Waals surface area (Å²) in [4.78, 5) is 14.1. The van der Waals surface area contributed by atoms with Crippen LogP contribution in [-0.4, -0.2) is 22.1 Å². The van der Waals surface area contributed by atoms with E-state index in [0.29, 0.717) is 23.5 Å². The molecule has 2 N–H and O–H groups in total. The van der Waals surface area contributed by atoms with Crippen LogP contribution in [0.3, 0.4) is 0 Å². The van der Waals surface area contributed by atoms with Crippen LogP contribution in [-0.2, 0) is 4.79 Å². The molecule has 1 amide bonds. The molecule has 1 fully saturated rings. The SMILES string of the molecule is NC(=O)C1=CCC2=C1N1c3nnccc3C2C2CCCC21. The summed E-state index contributed by atoms with van der Waals surface area (Å²) in [5.41, 5.74) is 9.96. The summed E-state index contributed by atoms with van der Waals surface area (Å²) < 4.78 is 0. The van der Waals surface area contributed by atoms with Gasteiger partial charge in [0.05, 0.1) is 17.5 Å². The minimum Gasteiger partial charge on any atom is -0.366 e. The molecule has 1 saturated carbocycles. The maximum atomic E-state index is 11.8. The first-order valence-corrected chi connectivity index (χ1v) is 7.61. The van der Waals surface area contributed by atoms with Gasteiger partial charge in [-0.3, -0.25) is 4.79 Å². The Balaban J connectivity index is 1.77. The Morgan fingerprint density at radius 3 is 3.14 bits per heavy atom. The lowest BCUT2D eigenvalue weighted by molar-refractivity contribution is -0.114. The molecule has 106 valence electrons. The van der Waals surface area contributed by atoms with Crippen molar-refractivity contribution in [3.8, 4) is 0 Å². The van der Waals surface area contributed by atoms with E-state index in [-0.39, 0.29) is 5.91 Å². The summed E-state index contributed by atoms with van der Waals surface area (Å²) in [5, 5.41) is 8.44. The van der Waals surface area contributed by atoms with E-state index >= 15 is 0 Å². The van der Waals surface area contributed by atoms with E-state index < -0.39 is 0 Å². The number of primary amides is 1. The maximum absolute atomic E-state index is 11.8. The molecule has 0 radical (unpaired) electrons. The van der Waals surface area contributed by atoms with Gasteiger partial charge in [-0.15, -0.1) is 5.10 Å². The molecule has 1 aromatic heterocycles. The Kier molecular flexibility index (Phi) is 2.04. The minimum atomic E-state index is -0.326. The van der Waals surface area contributed by atoms with Gasteiger partial charge < -0.3 is 10.6 Å². The summed E-state index contributed by atoms with van der Waals surface area (Å²) in [5.74, 6) is 1.67. The van der Waals surface area contributed by atoms with Crippen molar-refractivity contribution < 1.29 is 4.79 Å². The van der Waals surface area contributed by atoms with Crippen molar-refractivity contribution in [1.82, 2.24) is 10.2 Å². The molecule has 3 aliphatic heterocycles.